The average molecular weight is 633 g/mol. The topological polar surface area (TPSA) is 157 Å². The van der Waals surface area contributed by atoms with Gasteiger partial charge in [-0.05, 0) is 112 Å². The summed E-state index contributed by atoms with van der Waals surface area (Å²) in [6.07, 6.45) is 7.89. The summed E-state index contributed by atoms with van der Waals surface area (Å²) < 4.78 is 6.09. The molecule has 250 valence electrons. The van der Waals surface area contributed by atoms with Gasteiger partial charge in [0.05, 0.1) is 24.9 Å². The van der Waals surface area contributed by atoms with Gasteiger partial charge in [-0.2, -0.15) is 0 Å². The predicted molar refractivity (Wildman–Crippen MR) is 181 cm³/mol. The summed E-state index contributed by atoms with van der Waals surface area (Å²) in [7, 11) is 0. The van der Waals surface area contributed by atoms with Gasteiger partial charge in [-0.3, -0.25) is 0 Å². The van der Waals surface area contributed by atoms with Crippen LogP contribution in [0.25, 0.3) is 0 Å². The first-order valence-electron chi connectivity index (χ1n) is 16.8. The Morgan fingerprint density at radius 1 is 1.15 bits per heavy atom. The number of pyridine rings is 1. The van der Waals surface area contributed by atoms with Crippen LogP contribution >= 0.6 is 0 Å². The lowest BCUT2D eigenvalue weighted by Gasteiger charge is -2.30. The molecule has 9 heteroatoms. The van der Waals surface area contributed by atoms with Crippen molar-refractivity contribution < 1.29 is 25.2 Å². The Bertz CT molecular complexity index is 1390. The van der Waals surface area contributed by atoms with Crippen molar-refractivity contribution in [1.29, 1.82) is 0 Å². The number of ether oxygens (including phenoxy) is 1. The van der Waals surface area contributed by atoms with Crippen molar-refractivity contribution in [3.05, 3.63) is 71.7 Å². The molecule has 0 spiro atoms. The number of aryl methyl sites for hydroxylation is 1. The number of nitrogens with zero attached hydrogens (tertiary/aromatic N) is 1. The summed E-state index contributed by atoms with van der Waals surface area (Å²) in [5.74, 6) is 7.62. The van der Waals surface area contributed by atoms with E-state index in [2.05, 4.69) is 40.1 Å². The number of aliphatic hydroxyl groups is 3. The van der Waals surface area contributed by atoms with Crippen LogP contribution in [0.3, 0.4) is 0 Å². The number of nitrogens with one attached hydrogen (secondary N) is 2. The molecule has 1 aliphatic rings. The highest BCUT2D eigenvalue weighted by Gasteiger charge is 2.28. The minimum absolute atomic E-state index is 0.0700. The summed E-state index contributed by atoms with van der Waals surface area (Å²) in [5, 5.41) is 46.1. The molecular weight excluding hydrogens is 580 g/mol. The van der Waals surface area contributed by atoms with Crippen molar-refractivity contribution in [2.75, 3.05) is 18.9 Å². The van der Waals surface area contributed by atoms with E-state index in [0.717, 1.165) is 42.5 Å². The lowest BCUT2D eigenvalue weighted by atomic mass is 9.84. The van der Waals surface area contributed by atoms with Crippen LogP contribution in [-0.2, 0) is 12.8 Å². The average Bonchev–Trinajstić information content (AvgIpc) is 3.56. The Morgan fingerprint density at radius 3 is 2.74 bits per heavy atom. The normalized spacial score (nSPS) is 22.3. The van der Waals surface area contributed by atoms with Crippen LogP contribution in [0.5, 0.6) is 11.5 Å². The second-order valence-electron chi connectivity index (χ2n) is 12.8. The zero-order valence-electron chi connectivity index (χ0n) is 27.2. The van der Waals surface area contributed by atoms with Crippen LogP contribution in [0.4, 0.5) is 5.82 Å². The molecule has 8 N–H and O–H groups in total. The molecule has 4 rings (SSSR count). The number of nitrogen functional groups attached to an aromatic ring is 1. The second kappa shape index (κ2) is 18.0. The summed E-state index contributed by atoms with van der Waals surface area (Å²) in [6.45, 7) is 4.79. The van der Waals surface area contributed by atoms with E-state index in [0.29, 0.717) is 56.8 Å². The van der Waals surface area contributed by atoms with Crippen molar-refractivity contribution in [3.63, 3.8) is 0 Å². The molecule has 2 heterocycles. The number of H-pyrrole nitrogens is 1. The van der Waals surface area contributed by atoms with Gasteiger partial charge < -0.3 is 41.2 Å². The van der Waals surface area contributed by atoms with Crippen molar-refractivity contribution in [2.45, 2.75) is 102 Å². The van der Waals surface area contributed by atoms with Crippen LogP contribution in [0.2, 0.25) is 0 Å². The lowest BCUT2D eigenvalue weighted by molar-refractivity contribution is 0.00428. The highest BCUT2D eigenvalue weighted by Crippen LogP contribution is 2.31. The van der Waals surface area contributed by atoms with Gasteiger partial charge in [0.2, 0.25) is 0 Å². The maximum atomic E-state index is 11.2. The van der Waals surface area contributed by atoms with Gasteiger partial charge in [0.15, 0.2) is 11.5 Å². The predicted octanol–water partition coefficient (Wildman–Crippen LogP) is 4.71. The molecule has 0 saturated carbocycles. The molecule has 0 radical (unpaired) electrons. The number of benzene rings is 1. The number of aliphatic hydroxyl groups excluding tert-OH is 3. The zero-order valence-corrected chi connectivity index (χ0v) is 27.2. The summed E-state index contributed by atoms with van der Waals surface area (Å²) in [4.78, 5) is 7.40. The van der Waals surface area contributed by atoms with Crippen LogP contribution in [0.1, 0.15) is 81.5 Å². The number of phenolic OH excluding ortho intramolecular Hbond substituents is 1. The van der Waals surface area contributed by atoms with Crippen LogP contribution in [0, 0.1) is 23.7 Å². The fourth-order valence-corrected chi connectivity index (χ4v) is 6.28. The van der Waals surface area contributed by atoms with Gasteiger partial charge in [-0.15, -0.1) is 5.92 Å². The van der Waals surface area contributed by atoms with Crippen LogP contribution in [0.15, 0.2) is 54.9 Å². The third-order valence-corrected chi connectivity index (χ3v) is 9.09. The fraction of sp³-hybridized carbons (Fsp3) is 0.541. The fourth-order valence-electron chi connectivity index (χ4n) is 6.28. The molecule has 0 aliphatic heterocycles. The first kappa shape index (κ1) is 35.3. The molecule has 9 nitrogen and oxygen atoms in total. The number of aromatic nitrogens is 2. The number of nitrogens with two attached hydrogens (primary N) is 1. The lowest BCUT2D eigenvalue weighted by Crippen LogP contribution is -2.38. The Labute approximate surface area is 273 Å². The first-order chi connectivity index (χ1) is 22.2. The van der Waals surface area contributed by atoms with Gasteiger partial charge in [0.25, 0.3) is 0 Å². The zero-order chi connectivity index (χ0) is 32.9. The maximum Gasteiger partial charge on any atom is 0.161 e. The number of aromatic hydroxyl groups is 1. The van der Waals surface area contributed by atoms with E-state index in [4.69, 9.17) is 10.5 Å². The van der Waals surface area contributed by atoms with E-state index in [-0.39, 0.29) is 29.5 Å². The third kappa shape index (κ3) is 11.1. The summed E-state index contributed by atoms with van der Waals surface area (Å²) >= 11 is 0. The molecule has 3 aromatic rings. The van der Waals surface area contributed by atoms with Crippen molar-refractivity contribution in [1.82, 2.24) is 15.3 Å². The number of phenols is 1. The standard InChI is InChI=1S/C37H52N4O5/c1-3-26-6-4-8-32(34(44)14-11-31(20-26)41-24-25(2)42)33(43)12-9-27-10-13-35(45)36(21-27)46-19-16-29(22-30-7-5-17-39-30)28-15-18-40-37(38)23-28/h5,7,10,13,15,17-18,21,23,25-26,29,31-34,39,41-45H,3,8-9,11-12,14,16,19-20,22,24H2,1-2H3,(H2,38,40). The van der Waals surface area contributed by atoms with E-state index in [1.807, 2.05) is 36.5 Å². The molecule has 46 heavy (non-hydrogen) atoms. The van der Waals surface area contributed by atoms with Crippen LogP contribution in [-0.4, -0.2) is 67.9 Å². The highest BCUT2D eigenvalue weighted by atomic mass is 16.5. The van der Waals surface area contributed by atoms with Gasteiger partial charge in [-0.1, -0.05) is 18.9 Å². The summed E-state index contributed by atoms with van der Waals surface area (Å²) in [5.41, 5.74) is 9.10. The molecule has 1 aliphatic carbocycles. The number of aromatic amines is 1. The van der Waals surface area contributed by atoms with E-state index >= 15 is 0 Å². The minimum Gasteiger partial charge on any atom is -0.504 e. The SMILES string of the molecule is CCC1C#CCC(C(O)CCc2ccc(O)c(OCCC(Cc3ccc[nH]3)c3ccnc(N)c3)c2)C(O)CCC(NCC(C)O)C1. The van der Waals surface area contributed by atoms with Gasteiger partial charge in [0, 0.05) is 48.9 Å². The third-order valence-electron chi connectivity index (χ3n) is 9.09. The van der Waals surface area contributed by atoms with Gasteiger partial charge in [0.1, 0.15) is 5.82 Å². The van der Waals surface area contributed by atoms with Crippen molar-refractivity contribution in [3.8, 4) is 23.3 Å². The number of rotatable bonds is 15. The monoisotopic (exact) mass is 632 g/mol. The number of hydrogen-bond donors (Lipinski definition) is 7. The molecule has 1 aromatic carbocycles. The summed E-state index contributed by atoms with van der Waals surface area (Å²) in [6, 6.07) is 13.4. The number of anilines is 1. The number of hydrogen-bond acceptors (Lipinski definition) is 8. The first-order valence-corrected chi connectivity index (χ1v) is 16.8. The van der Waals surface area contributed by atoms with E-state index in [1.54, 1.807) is 19.2 Å². The molecule has 2 aromatic heterocycles. The highest BCUT2D eigenvalue weighted by molar-refractivity contribution is 5.42. The quantitative estimate of drug-likeness (QED) is 0.119. The Balaban J connectivity index is 1.35. The van der Waals surface area contributed by atoms with Crippen LogP contribution < -0.4 is 15.8 Å². The van der Waals surface area contributed by atoms with E-state index in [9.17, 15) is 20.4 Å². The smallest absolute Gasteiger partial charge is 0.161 e. The molecular formula is C37H52N4O5. The molecule has 0 saturated heterocycles. The largest absolute Gasteiger partial charge is 0.504 e. The van der Waals surface area contributed by atoms with Gasteiger partial charge >= 0.3 is 0 Å². The van der Waals surface area contributed by atoms with E-state index < -0.39 is 18.3 Å². The molecule has 7 atom stereocenters. The second-order valence-corrected chi connectivity index (χ2v) is 12.8. The Kier molecular flexibility index (Phi) is 13.8. The molecule has 7 unspecified atom stereocenters. The van der Waals surface area contributed by atoms with Crippen molar-refractivity contribution >= 4 is 5.82 Å². The minimum atomic E-state index is -0.729. The molecule has 0 bridgehead atoms. The maximum absolute atomic E-state index is 11.2. The van der Waals surface area contributed by atoms with Gasteiger partial charge in [-0.25, -0.2) is 4.98 Å². The Hall–Kier alpha value is -3.55. The molecule has 0 amide bonds. The van der Waals surface area contributed by atoms with Crippen molar-refractivity contribution in [2.24, 2.45) is 11.8 Å². The van der Waals surface area contributed by atoms with E-state index in [1.165, 1.54) is 0 Å². The molecule has 0 fully saturated rings. The Morgan fingerprint density at radius 2 is 2.00 bits per heavy atom.